The summed E-state index contributed by atoms with van der Waals surface area (Å²) in [5, 5.41) is 3.37. The predicted molar refractivity (Wildman–Crippen MR) is 120 cm³/mol. The van der Waals surface area contributed by atoms with Gasteiger partial charge in [0, 0.05) is 43.6 Å². The lowest BCUT2D eigenvalue weighted by atomic mass is 9.86. The fraction of sp³-hybridized carbons (Fsp3) is 0.500. The molecule has 0 atom stereocenters. The van der Waals surface area contributed by atoms with Crippen molar-refractivity contribution in [2.45, 2.75) is 44.8 Å². The Labute approximate surface area is 186 Å². The van der Waals surface area contributed by atoms with Crippen LogP contribution in [0.4, 0.5) is 31.7 Å². The van der Waals surface area contributed by atoms with Crippen molar-refractivity contribution in [3.8, 4) is 0 Å². The van der Waals surface area contributed by atoms with Crippen LogP contribution in [0.1, 0.15) is 31.2 Å². The first-order chi connectivity index (χ1) is 15.5. The molecule has 3 aliphatic rings. The number of hydrogen-bond donors (Lipinski definition) is 1. The number of halogens is 2. The summed E-state index contributed by atoms with van der Waals surface area (Å²) in [6.45, 7) is 1.09. The van der Waals surface area contributed by atoms with Crippen molar-refractivity contribution in [2.24, 2.45) is 11.8 Å². The molecule has 1 aromatic carbocycles. The highest BCUT2D eigenvalue weighted by molar-refractivity contribution is 6.00. The highest BCUT2D eigenvalue weighted by atomic mass is 19.3. The van der Waals surface area contributed by atoms with Crippen LogP contribution in [0, 0.1) is 11.8 Å². The van der Waals surface area contributed by atoms with Crippen LogP contribution in [0.2, 0.25) is 0 Å². The van der Waals surface area contributed by atoms with Gasteiger partial charge in [0.1, 0.15) is 5.82 Å². The van der Waals surface area contributed by atoms with E-state index in [9.17, 15) is 13.6 Å². The van der Waals surface area contributed by atoms with E-state index in [-0.39, 0.29) is 17.9 Å². The number of benzene rings is 1. The number of methoxy groups -OCH3 is 1. The fourth-order valence-corrected chi connectivity index (χ4v) is 4.95. The number of pyridine rings is 1. The molecule has 32 heavy (non-hydrogen) atoms. The van der Waals surface area contributed by atoms with Gasteiger partial charge in [0.15, 0.2) is 0 Å². The summed E-state index contributed by atoms with van der Waals surface area (Å²) in [6, 6.07) is 9.65. The molecule has 1 aliphatic carbocycles. The first-order valence-electron chi connectivity index (χ1n) is 11.3. The summed E-state index contributed by atoms with van der Waals surface area (Å²) in [6.07, 6.45) is 3.03. The molecule has 0 radical (unpaired) electrons. The number of nitrogens with zero attached hydrogens (tertiary/aromatic N) is 3. The number of carbonyl (C=O) groups is 1. The van der Waals surface area contributed by atoms with Crippen LogP contribution in [0.25, 0.3) is 0 Å². The van der Waals surface area contributed by atoms with Crippen LogP contribution in [0.3, 0.4) is 0 Å². The van der Waals surface area contributed by atoms with Gasteiger partial charge in [-0.1, -0.05) is 6.07 Å². The Morgan fingerprint density at radius 3 is 2.69 bits per heavy atom. The molecule has 2 fully saturated rings. The molecule has 0 bridgehead atoms. The lowest BCUT2D eigenvalue weighted by Crippen LogP contribution is -2.50. The molecule has 1 saturated carbocycles. The number of hydrogen-bond acceptors (Lipinski definition) is 5. The summed E-state index contributed by atoms with van der Waals surface area (Å²) in [5.74, 6) is 0.199. The molecule has 3 heterocycles. The Balaban J connectivity index is 1.45. The van der Waals surface area contributed by atoms with Gasteiger partial charge in [0.2, 0.25) is 12.3 Å². The molecule has 5 rings (SSSR count). The number of nitrogens with one attached hydrogen (secondary N) is 1. The van der Waals surface area contributed by atoms with Gasteiger partial charge in [-0.2, -0.15) is 0 Å². The Morgan fingerprint density at radius 2 is 1.97 bits per heavy atom. The third-order valence-corrected chi connectivity index (χ3v) is 7.00. The van der Waals surface area contributed by atoms with Crippen molar-refractivity contribution >= 4 is 28.8 Å². The summed E-state index contributed by atoms with van der Waals surface area (Å²) >= 11 is 0. The minimum absolute atomic E-state index is 0.0525. The Kier molecular flexibility index (Phi) is 5.71. The molecule has 1 aromatic heterocycles. The van der Waals surface area contributed by atoms with Crippen LogP contribution in [0.5, 0.6) is 0 Å². The zero-order valence-corrected chi connectivity index (χ0v) is 18.1. The van der Waals surface area contributed by atoms with E-state index in [1.807, 2.05) is 40.1 Å². The van der Waals surface area contributed by atoms with Gasteiger partial charge in [-0.3, -0.25) is 4.79 Å². The summed E-state index contributed by atoms with van der Waals surface area (Å²) in [4.78, 5) is 22.0. The fourth-order valence-electron chi connectivity index (χ4n) is 4.95. The minimum atomic E-state index is -2.30. The van der Waals surface area contributed by atoms with E-state index < -0.39 is 12.3 Å². The number of fused-ring (bicyclic) bond motifs is 2. The first kappa shape index (κ1) is 21.1. The SMILES string of the molecule is CO[C@H]1CC[C@H](C(=O)N2Cc3cccnc3Nc3ccc(N4CC(C(F)F)C4)cc32)CC1. The number of anilines is 4. The smallest absolute Gasteiger partial charge is 0.244 e. The Bertz CT molecular complexity index is 988. The van der Waals surface area contributed by atoms with Gasteiger partial charge in [-0.25, -0.2) is 13.8 Å². The molecule has 0 spiro atoms. The van der Waals surface area contributed by atoms with E-state index in [2.05, 4.69) is 10.3 Å². The lowest BCUT2D eigenvalue weighted by Gasteiger charge is -2.41. The van der Waals surface area contributed by atoms with Gasteiger partial charge in [0.05, 0.1) is 29.9 Å². The van der Waals surface area contributed by atoms with E-state index in [4.69, 9.17) is 4.74 Å². The number of aromatic nitrogens is 1. The number of amides is 1. The quantitative estimate of drug-likeness (QED) is 0.751. The van der Waals surface area contributed by atoms with Crippen LogP contribution < -0.4 is 15.1 Å². The van der Waals surface area contributed by atoms with Crippen LogP contribution in [-0.4, -0.2) is 43.6 Å². The highest BCUT2D eigenvalue weighted by Crippen LogP contribution is 2.41. The lowest BCUT2D eigenvalue weighted by molar-refractivity contribution is -0.124. The Morgan fingerprint density at radius 1 is 1.19 bits per heavy atom. The molecule has 2 aromatic rings. The zero-order chi connectivity index (χ0) is 22.2. The van der Waals surface area contributed by atoms with Crippen molar-refractivity contribution in [1.82, 2.24) is 4.98 Å². The van der Waals surface area contributed by atoms with Gasteiger partial charge in [-0.15, -0.1) is 0 Å². The highest BCUT2D eigenvalue weighted by Gasteiger charge is 2.36. The van der Waals surface area contributed by atoms with E-state index in [0.29, 0.717) is 19.6 Å². The van der Waals surface area contributed by atoms with Crippen molar-refractivity contribution < 1.29 is 18.3 Å². The van der Waals surface area contributed by atoms with Crippen LogP contribution >= 0.6 is 0 Å². The molecule has 170 valence electrons. The van der Waals surface area contributed by atoms with Gasteiger partial charge >= 0.3 is 0 Å². The monoisotopic (exact) mass is 442 g/mol. The zero-order valence-electron chi connectivity index (χ0n) is 18.1. The summed E-state index contributed by atoms with van der Waals surface area (Å²) in [7, 11) is 1.73. The second-order valence-electron chi connectivity index (χ2n) is 8.97. The maximum atomic E-state index is 13.7. The van der Waals surface area contributed by atoms with E-state index >= 15 is 0 Å². The number of rotatable bonds is 4. The number of alkyl halides is 2. The number of carbonyl (C=O) groups excluding carboxylic acids is 1. The van der Waals surface area contributed by atoms with Gasteiger partial charge < -0.3 is 19.9 Å². The summed E-state index contributed by atoms with van der Waals surface area (Å²) in [5.41, 5.74) is 3.39. The molecule has 8 heteroatoms. The molecule has 1 amide bonds. The predicted octanol–water partition coefficient (Wildman–Crippen LogP) is 4.58. The van der Waals surface area contributed by atoms with Crippen LogP contribution in [0.15, 0.2) is 36.5 Å². The standard InChI is InChI=1S/C24H28F2N4O2/c1-32-19-7-4-15(5-8-19)24(31)30-14-16-3-2-10-27-23(16)28-20-9-6-18(11-21(20)30)29-12-17(13-29)22(25)26/h2-3,6,9-11,15,17,19,22H,4-5,7-8,12-14H2,1H3,(H,27,28)/t15-,19-. The van der Waals surface area contributed by atoms with Crippen molar-refractivity contribution in [3.63, 3.8) is 0 Å². The van der Waals surface area contributed by atoms with Crippen molar-refractivity contribution in [2.75, 3.05) is 35.3 Å². The van der Waals surface area contributed by atoms with E-state index in [0.717, 1.165) is 54.1 Å². The third kappa shape index (κ3) is 3.92. The number of ether oxygens (including phenoxy) is 1. The topological polar surface area (TPSA) is 57.7 Å². The molecule has 0 unspecified atom stereocenters. The average Bonchev–Trinajstić information content (AvgIpc) is 2.94. The van der Waals surface area contributed by atoms with E-state index in [1.54, 1.807) is 13.3 Å². The second-order valence-corrected chi connectivity index (χ2v) is 8.97. The minimum Gasteiger partial charge on any atom is -0.381 e. The molecule has 1 saturated heterocycles. The molecular weight excluding hydrogens is 414 g/mol. The normalized spacial score (nSPS) is 23.1. The summed E-state index contributed by atoms with van der Waals surface area (Å²) < 4.78 is 31.4. The van der Waals surface area contributed by atoms with E-state index in [1.165, 1.54) is 0 Å². The molecule has 6 nitrogen and oxygen atoms in total. The van der Waals surface area contributed by atoms with Crippen molar-refractivity contribution in [3.05, 3.63) is 42.1 Å². The molecular formula is C24H28F2N4O2. The van der Waals surface area contributed by atoms with Gasteiger partial charge in [0.25, 0.3) is 0 Å². The second kappa shape index (κ2) is 8.65. The largest absolute Gasteiger partial charge is 0.381 e. The van der Waals surface area contributed by atoms with Crippen LogP contribution in [-0.2, 0) is 16.1 Å². The maximum absolute atomic E-state index is 13.7. The average molecular weight is 443 g/mol. The van der Waals surface area contributed by atoms with Gasteiger partial charge in [-0.05, 0) is 49.9 Å². The maximum Gasteiger partial charge on any atom is 0.244 e. The Hall–Kier alpha value is -2.74. The third-order valence-electron chi connectivity index (χ3n) is 7.00. The van der Waals surface area contributed by atoms with Crippen molar-refractivity contribution in [1.29, 1.82) is 0 Å². The first-order valence-corrected chi connectivity index (χ1v) is 11.3. The molecule has 1 N–H and O–H groups in total. The molecule has 2 aliphatic heterocycles.